The Morgan fingerprint density at radius 2 is 1.75 bits per heavy atom. The quantitative estimate of drug-likeness (QED) is 0.343. The molecule has 0 aromatic carbocycles. The van der Waals surface area contributed by atoms with Crippen LogP contribution in [0.2, 0.25) is 0 Å². The van der Waals surface area contributed by atoms with E-state index in [1.165, 1.54) is 0 Å². The Morgan fingerprint density at radius 1 is 1.25 bits per heavy atom. The van der Waals surface area contributed by atoms with E-state index in [9.17, 15) is 4.79 Å². The van der Waals surface area contributed by atoms with E-state index in [-0.39, 0.29) is 11.9 Å². The summed E-state index contributed by atoms with van der Waals surface area (Å²) in [5.41, 5.74) is 5.24. The molecule has 0 saturated carbocycles. The van der Waals surface area contributed by atoms with E-state index in [0.717, 1.165) is 26.2 Å². The van der Waals surface area contributed by atoms with Gasteiger partial charge in [-0.05, 0) is 27.7 Å². The van der Waals surface area contributed by atoms with Gasteiger partial charge in [-0.15, -0.1) is 0 Å². The molecule has 20 heavy (non-hydrogen) atoms. The number of amides is 2. The van der Waals surface area contributed by atoms with Crippen molar-refractivity contribution in [2.45, 2.75) is 33.2 Å². The second-order valence-corrected chi connectivity index (χ2v) is 5.47. The minimum atomic E-state index is -0.501. The van der Waals surface area contributed by atoms with Crippen LogP contribution >= 0.6 is 0 Å². The molecule has 0 atom stereocenters. The van der Waals surface area contributed by atoms with Gasteiger partial charge in [0.15, 0.2) is 5.84 Å². The second kappa shape index (κ2) is 6.78. The van der Waals surface area contributed by atoms with E-state index in [0.29, 0.717) is 13.1 Å². The zero-order valence-corrected chi connectivity index (χ0v) is 13.0. The van der Waals surface area contributed by atoms with Crippen molar-refractivity contribution in [3.05, 3.63) is 0 Å². The fraction of sp³-hybridized carbons (Fsp3) is 0.846. The number of hydrogen-bond donors (Lipinski definition) is 2. The second-order valence-electron chi connectivity index (χ2n) is 5.47. The number of hydrogen-bond acceptors (Lipinski definition) is 4. The molecule has 7 nitrogen and oxygen atoms in total. The van der Waals surface area contributed by atoms with Gasteiger partial charge in [0.2, 0.25) is 0 Å². The summed E-state index contributed by atoms with van der Waals surface area (Å²) in [4.78, 5) is 18.1. The summed E-state index contributed by atoms with van der Waals surface area (Å²) >= 11 is 0. The standard InChI is InChI=1S/C13H27N5O2/c1-5-16(6-2)12(19)17-7-9-18(10-8-17)13(3,4)11(14)15-20/h20H,5-10H2,1-4H3,(H2,14,15). The maximum atomic E-state index is 12.3. The molecule has 3 N–H and O–H groups in total. The van der Waals surface area contributed by atoms with Crippen LogP contribution in [0.3, 0.4) is 0 Å². The van der Waals surface area contributed by atoms with Gasteiger partial charge >= 0.3 is 6.03 Å². The van der Waals surface area contributed by atoms with Crippen LogP contribution in [0.5, 0.6) is 0 Å². The van der Waals surface area contributed by atoms with E-state index in [1.54, 1.807) is 0 Å². The molecule has 0 radical (unpaired) electrons. The predicted octanol–water partition coefficient (Wildman–Crippen LogP) is 0.591. The summed E-state index contributed by atoms with van der Waals surface area (Å²) in [6, 6.07) is 0.0938. The van der Waals surface area contributed by atoms with Gasteiger partial charge in [-0.2, -0.15) is 0 Å². The van der Waals surface area contributed by atoms with E-state index >= 15 is 0 Å². The average molecular weight is 285 g/mol. The molecule has 1 heterocycles. The minimum Gasteiger partial charge on any atom is -0.409 e. The topological polar surface area (TPSA) is 85.4 Å². The number of carbonyl (C=O) groups excluding carboxylic acids is 1. The Balaban J connectivity index is 2.62. The molecule has 0 unspecified atom stereocenters. The van der Waals surface area contributed by atoms with Crippen molar-refractivity contribution in [3.8, 4) is 0 Å². The molecule has 1 fully saturated rings. The van der Waals surface area contributed by atoms with Crippen molar-refractivity contribution in [3.63, 3.8) is 0 Å². The van der Waals surface area contributed by atoms with Crippen LogP contribution in [-0.2, 0) is 0 Å². The van der Waals surface area contributed by atoms with Crippen LogP contribution < -0.4 is 5.73 Å². The van der Waals surface area contributed by atoms with E-state index in [2.05, 4.69) is 10.1 Å². The Labute approximate surface area is 121 Å². The van der Waals surface area contributed by atoms with Crippen molar-refractivity contribution in [1.82, 2.24) is 14.7 Å². The SMILES string of the molecule is CCN(CC)C(=O)N1CCN(C(C)(C)C(N)=NO)CC1. The Hall–Kier alpha value is -1.50. The molecule has 0 aromatic heterocycles. The lowest BCUT2D eigenvalue weighted by atomic mass is 10.0. The normalized spacial score (nSPS) is 18.2. The van der Waals surface area contributed by atoms with Crippen LogP contribution in [0, 0.1) is 0 Å². The molecule has 0 bridgehead atoms. The molecule has 1 aliphatic heterocycles. The van der Waals surface area contributed by atoms with Gasteiger partial charge in [0.05, 0.1) is 5.54 Å². The van der Waals surface area contributed by atoms with Crippen molar-refractivity contribution >= 4 is 11.9 Å². The van der Waals surface area contributed by atoms with Crippen LogP contribution in [0.15, 0.2) is 5.16 Å². The molecule has 1 saturated heterocycles. The summed E-state index contributed by atoms with van der Waals surface area (Å²) < 4.78 is 0. The molecular formula is C13H27N5O2. The third-order valence-corrected chi connectivity index (χ3v) is 4.11. The van der Waals surface area contributed by atoms with Gasteiger partial charge < -0.3 is 20.7 Å². The third kappa shape index (κ3) is 3.33. The van der Waals surface area contributed by atoms with Gasteiger partial charge in [0.25, 0.3) is 0 Å². The highest BCUT2D eigenvalue weighted by Crippen LogP contribution is 2.18. The largest absolute Gasteiger partial charge is 0.409 e. The van der Waals surface area contributed by atoms with Crippen molar-refractivity contribution in [1.29, 1.82) is 0 Å². The van der Waals surface area contributed by atoms with Crippen LogP contribution in [0.1, 0.15) is 27.7 Å². The Morgan fingerprint density at radius 3 is 2.15 bits per heavy atom. The van der Waals surface area contributed by atoms with Crippen molar-refractivity contribution < 1.29 is 10.0 Å². The first-order valence-corrected chi connectivity index (χ1v) is 7.15. The van der Waals surface area contributed by atoms with Gasteiger partial charge in [-0.1, -0.05) is 5.16 Å². The molecule has 2 amide bonds. The average Bonchev–Trinajstić information content (AvgIpc) is 2.47. The molecule has 7 heteroatoms. The number of oxime groups is 1. The summed E-state index contributed by atoms with van der Waals surface area (Å²) in [6.45, 7) is 12.0. The lowest BCUT2D eigenvalue weighted by Crippen LogP contribution is -2.61. The lowest BCUT2D eigenvalue weighted by molar-refractivity contribution is 0.0824. The van der Waals surface area contributed by atoms with Crippen LogP contribution in [0.25, 0.3) is 0 Å². The fourth-order valence-electron chi connectivity index (χ4n) is 2.44. The van der Waals surface area contributed by atoms with Gasteiger partial charge in [-0.25, -0.2) is 4.79 Å². The summed E-state index contributed by atoms with van der Waals surface area (Å²) in [7, 11) is 0. The number of urea groups is 1. The Bertz CT molecular complexity index is 358. The highest BCUT2D eigenvalue weighted by atomic mass is 16.4. The summed E-state index contributed by atoms with van der Waals surface area (Å²) in [5.74, 6) is 0.195. The number of rotatable bonds is 4. The maximum absolute atomic E-state index is 12.3. The highest BCUT2D eigenvalue weighted by Gasteiger charge is 2.35. The number of piperazine rings is 1. The van der Waals surface area contributed by atoms with E-state index in [1.807, 2.05) is 37.5 Å². The molecular weight excluding hydrogens is 258 g/mol. The van der Waals surface area contributed by atoms with Crippen molar-refractivity contribution in [2.24, 2.45) is 10.9 Å². The van der Waals surface area contributed by atoms with Gasteiger partial charge in [0.1, 0.15) is 0 Å². The lowest BCUT2D eigenvalue weighted by Gasteiger charge is -2.43. The van der Waals surface area contributed by atoms with Gasteiger partial charge in [-0.3, -0.25) is 4.90 Å². The number of carbonyl (C=O) groups is 1. The van der Waals surface area contributed by atoms with Crippen LogP contribution in [-0.4, -0.2) is 76.6 Å². The van der Waals surface area contributed by atoms with Crippen LogP contribution in [0.4, 0.5) is 4.79 Å². The number of nitrogens with two attached hydrogens (primary N) is 1. The monoisotopic (exact) mass is 285 g/mol. The molecule has 0 aliphatic carbocycles. The third-order valence-electron chi connectivity index (χ3n) is 4.11. The van der Waals surface area contributed by atoms with E-state index < -0.39 is 5.54 Å². The fourth-order valence-corrected chi connectivity index (χ4v) is 2.44. The highest BCUT2D eigenvalue weighted by molar-refractivity contribution is 5.88. The number of nitrogens with zero attached hydrogens (tertiary/aromatic N) is 4. The summed E-state index contributed by atoms with van der Waals surface area (Å²) in [6.07, 6.45) is 0. The first-order valence-electron chi connectivity index (χ1n) is 7.15. The Kier molecular flexibility index (Phi) is 5.62. The molecule has 0 spiro atoms. The molecule has 0 aromatic rings. The van der Waals surface area contributed by atoms with Gasteiger partial charge in [0, 0.05) is 39.3 Å². The zero-order valence-electron chi connectivity index (χ0n) is 13.0. The smallest absolute Gasteiger partial charge is 0.320 e. The molecule has 1 aliphatic rings. The number of amidine groups is 1. The molecule has 116 valence electrons. The van der Waals surface area contributed by atoms with Crippen molar-refractivity contribution in [2.75, 3.05) is 39.3 Å². The first kappa shape index (κ1) is 16.6. The summed E-state index contributed by atoms with van der Waals surface area (Å²) in [5, 5.41) is 12.0. The molecule has 1 rings (SSSR count). The zero-order chi connectivity index (χ0) is 15.3. The maximum Gasteiger partial charge on any atom is 0.320 e. The first-order chi connectivity index (χ1) is 9.38. The predicted molar refractivity (Wildman–Crippen MR) is 79.0 cm³/mol. The minimum absolute atomic E-state index is 0.0938. The van der Waals surface area contributed by atoms with E-state index in [4.69, 9.17) is 10.9 Å².